The van der Waals surface area contributed by atoms with Crippen molar-refractivity contribution in [1.29, 1.82) is 0 Å². The highest BCUT2D eigenvalue weighted by Crippen LogP contribution is 2.51. The Hall–Kier alpha value is -4.01. The Morgan fingerprint density at radius 3 is 2.58 bits per heavy atom. The summed E-state index contributed by atoms with van der Waals surface area (Å²) in [6.45, 7) is 0.179. The van der Waals surface area contributed by atoms with Gasteiger partial charge in [0.25, 0.3) is 5.69 Å². The average Bonchev–Trinajstić information content (AvgIpc) is 2.88. The second kappa shape index (κ2) is 9.22. The van der Waals surface area contributed by atoms with Gasteiger partial charge >= 0.3 is 6.03 Å². The van der Waals surface area contributed by atoms with Crippen LogP contribution >= 0.6 is 0 Å². The van der Waals surface area contributed by atoms with Gasteiger partial charge in [0.1, 0.15) is 0 Å². The predicted molar refractivity (Wildman–Crippen MR) is 133 cm³/mol. The fourth-order valence-corrected chi connectivity index (χ4v) is 5.87. The van der Waals surface area contributed by atoms with Crippen molar-refractivity contribution in [2.45, 2.75) is 44.6 Å². The van der Waals surface area contributed by atoms with Gasteiger partial charge in [-0.15, -0.1) is 0 Å². The monoisotopic (exact) mass is 488 g/mol. The first kappa shape index (κ1) is 23.7. The van der Waals surface area contributed by atoms with Gasteiger partial charge in [-0.25, -0.2) is 4.79 Å². The minimum Gasteiger partial charge on any atom is -0.366 e. The zero-order chi connectivity index (χ0) is 25.4. The van der Waals surface area contributed by atoms with Gasteiger partial charge in [0.2, 0.25) is 11.8 Å². The zero-order valence-electron chi connectivity index (χ0n) is 20.1. The molecule has 4 amide bonds. The predicted octanol–water partition coefficient (Wildman–Crippen LogP) is 4.28. The number of nitro groups is 1. The third kappa shape index (κ3) is 3.84. The van der Waals surface area contributed by atoms with E-state index in [1.54, 1.807) is 13.1 Å². The molecule has 0 unspecified atom stereocenters. The Balaban J connectivity index is 1.60. The maximum Gasteiger partial charge on any atom is 0.330 e. The highest BCUT2D eigenvalue weighted by molar-refractivity contribution is 6.20. The second-order valence-electron chi connectivity index (χ2n) is 9.72. The van der Waals surface area contributed by atoms with E-state index in [9.17, 15) is 24.5 Å². The Morgan fingerprint density at radius 1 is 1.11 bits per heavy atom. The molecule has 2 atom stereocenters. The number of nitro benzene ring substituents is 1. The number of hydrogen-bond acceptors (Lipinski definition) is 6. The summed E-state index contributed by atoms with van der Waals surface area (Å²) in [7, 11) is 1.78. The number of rotatable bonds is 5. The van der Waals surface area contributed by atoms with E-state index < -0.39 is 34.2 Å². The fourth-order valence-electron chi connectivity index (χ4n) is 5.87. The molecule has 2 aromatic rings. The first-order valence-electron chi connectivity index (χ1n) is 12.2. The summed E-state index contributed by atoms with van der Waals surface area (Å²) < 4.78 is 0. The molecule has 3 aliphatic rings. The number of fused-ring (bicyclic) bond motifs is 1. The minimum absolute atomic E-state index is 0.0505. The highest BCUT2D eigenvalue weighted by Gasteiger charge is 2.62. The van der Waals surface area contributed by atoms with Crippen molar-refractivity contribution < 1.29 is 19.3 Å². The first-order valence-corrected chi connectivity index (χ1v) is 12.2. The summed E-state index contributed by atoms with van der Waals surface area (Å²) >= 11 is 0. The maximum atomic E-state index is 14.2. The molecule has 2 heterocycles. The van der Waals surface area contributed by atoms with Crippen LogP contribution in [0.5, 0.6) is 0 Å². The third-order valence-electron chi connectivity index (χ3n) is 7.63. The van der Waals surface area contributed by atoms with Crippen LogP contribution < -0.4 is 10.2 Å². The minimum atomic E-state index is -1.66. The number of barbiturate groups is 1. The van der Waals surface area contributed by atoms with Gasteiger partial charge in [-0.2, -0.15) is 0 Å². The number of nitrogens with one attached hydrogen (secondary N) is 1. The van der Waals surface area contributed by atoms with Crippen molar-refractivity contribution in [3.05, 3.63) is 81.4 Å². The number of anilines is 1. The van der Waals surface area contributed by atoms with Gasteiger partial charge in [-0.3, -0.25) is 29.9 Å². The Kier molecular flexibility index (Phi) is 6.07. The van der Waals surface area contributed by atoms with Crippen LogP contribution in [0.4, 0.5) is 16.2 Å². The highest BCUT2D eigenvalue weighted by atomic mass is 16.6. The number of benzene rings is 2. The molecule has 9 nitrogen and oxygen atoms in total. The van der Waals surface area contributed by atoms with E-state index in [1.165, 1.54) is 17.7 Å². The number of allylic oxidation sites excluding steroid dienone is 1. The van der Waals surface area contributed by atoms with Gasteiger partial charge < -0.3 is 4.90 Å². The fraction of sp³-hybridized carbons (Fsp3) is 0.370. The molecule has 36 heavy (non-hydrogen) atoms. The third-order valence-corrected chi connectivity index (χ3v) is 7.63. The summed E-state index contributed by atoms with van der Waals surface area (Å²) in [5.41, 5.74) is 1.41. The standard InChI is InChI=1S/C27H28N4O5/c1-29-22-13-12-21(31(35)36)16-20(22)17-27(23(29)19-10-6-3-7-11-19)24(32)28-26(34)30(25(27)33)15-14-18-8-4-2-5-9-18/h3,6-8,10-13,16,23H,2,4-5,9,14-15,17H2,1H3,(H,28,32,34)/t23-,27-/m0/s1. The number of hydrogen-bond donors (Lipinski definition) is 1. The van der Waals surface area contributed by atoms with E-state index in [4.69, 9.17) is 0 Å². The van der Waals surface area contributed by atoms with Crippen LogP contribution in [0.2, 0.25) is 0 Å². The summed E-state index contributed by atoms with van der Waals surface area (Å²) in [5.74, 6) is -1.24. The molecular formula is C27H28N4O5. The van der Waals surface area contributed by atoms with Crippen LogP contribution in [-0.4, -0.2) is 41.3 Å². The molecule has 2 aromatic carbocycles. The molecule has 5 rings (SSSR count). The summed E-state index contributed by atoms with van der Waals surface area (Å²) in [5, 5.41) is 13.9. The van der Waals surface area contributed by atoms with Crippen LogP contribution in [0, 0.1) is 15.5 Å². The lowest BCUT2D eigenvalue weighted by Crippen LogP contribution is -2.69. The Labute approximate surface area is 208 Å². The van der Waals surface area contributed by atoms with Crippen LogP contribution in [0.25, 0.3) is 0 Å². The molecule has 0 aromatic heterocycles. The number of imide groups is 2. The average molecular weight is 489 g/mol. The molecule has 1 N–H and O–H groups in total. The number of nitrogens with zero attached hydrogens (tertiary/aromatic N) is 3. The van der Waals surface area contributed by atoms with Crippen molar-refractivity contribution in [2.24, 2.45) is 5.41 Å². The van der Waals surface area contributed by atoms with E-state index in [2.05, 4.69) is 11.4 Å². The quantitative estimate of drug-likeness (QED) is 0.291. The number of amides is 4. The summed E-state index contributed by atoms with van der Waals surface area (Å²) in [6, 6.07) is 12.3. The number of carbonyl (C=O) groups excluding carboxylic acids is 3. The molecule has 9 heteroatoms. The van der Waals surface area contributed by atoms with E-state index in [1.807, 2.05) is 35.2 Å². The van der Waals surface area contributed by atoms with E-state index >= 15 is 0 Å². The van der Waals surface area contributed by atoms with Crippen molar-refractivity contribution in [3.63, 3.8) is 0 Å². The largest absolute Gasteiger partial charge is 0.366 e. The topological polar surface area (TPSA) is 113 Å². The number of urea groups is 1. The van der Waals surface area contributed by atoms with E-state index in [0.717, 1.165) is 36.1 Å². The lowest BCUT2D eigenvalue weighted by atomic mass is 9.66. The molecule has 1 saturated heterocycles. The van der Waals surface area contributed by atoms with Crippen molar-refractivity contribution >= 4 is 29.2 Å². The normalized spacial score (nSPS) is 23.9. The molecule has 0 saturated carbocycles. The summed E-state index contributed by atoms with van der Waals surface area (Å²) in [6.07, 6.45) is 6.86. The molecule has 186 valence electrons. The second-order valence-corrected chi connectivity index (χ2v) is 9.72. The lowest BCUT2D eigenvalue weighted by molar-refractivity contribution is -0.384. The molecule has 0 bridgehead atoms. The van der Waals surface area contributed by atoms with Gasteiger partial charge in [-0.05, 0) is 49.3 Å². The van der Waals surface area contributed by atoms with Gasteiger partial charge in [0.15, 0.2) is 5.41 Å². The van der Waals surface area contributed by atoms with Gasteiger partial charge in [0, 0.05) is 37.8 Å². The summed E-state index contributed by atoms with van der Waals surface area (Å²) in [4.78, 5) is 54.7. The maximum absolute atomic E-state index is 14.2. The molecular weight excluding hydrogens is 460 g/mol. The first-order chi connectivity index (χ1) is 17.3. The van der Waals surface area contributed by atoms with E-state index in [0.29, 0.717) is 17.7 Å². The van der Waals surface area contributed by atoms with Crippen LogP contribution in [-0.2, 0) is 16.0 Å². The Bertz CT molecular complexity index is 1270. The molecule has 1 spiro atoms. The molecule has 1 aliphatic carbocycles. The smallest absolute Gasteiger partial charge is 0.330 e. The van der Waals surface area contributed by atoms with Crippen molar-refractivity contribution in [2.75, 3.05) is 18.5 Å². The van der Waals surface area contributed by atoms with Crippen molar-refractivity contribution in [1.82, 2.24) is 10.2 Å². The van der Waals surface area contributed by atoms with Crippen LogP contribution in [0.1, 0.15) is 49.3 Å². The molecule has 0 radical (unpaired) electrons. The molecule has 2 aliphatic heterocycles. The lowest BCUT2D eigenvalue weighted by Gasteiger charge is -2.51. The van der Waals surface area contributed by atoms with Gasteiger partial charge in [-0.1, -0.05) is 42.0 Å². The van der Waals surface area contributed by atoms with Crippen LogP contribution in [0.15, 0.2) is 60.2 Å². The zero-order valence-corrected chi connectivity index (χ0v) is 20.1. The van der Waals surface area contributed by atoms with Crippen molar-refractivity contribution in [3.8, 4) is 0 Å². The Morgan fingerprint density at radius 2 is 1.89 bits per heavy atom. The van der Waals surface area contributed by atoms with Gasteiger partial charge in [0.05, 0.1) is 11.0 Å². The number of non-ortho nitro benzene ring substituents is 1. The van der Waals surface area contributed by atoms with Crippen LogP contribution in [0.3, 0.4) is 0 Å². The molecule has 1 fully saturated rings. The SMILES string of the molecule is CN1c2ccc([N+](=O)[O-])cc2C[C@@]2(C(=O)NC(=O)N(CCC3=CCCCC3)C2=O)[C@@H]1c1ccccc1. The van der Waals surface area contributed by atoms with E-state index in [-0.39, 0.29) is 18.7 Å². The number of carbonyl (C=O) groups is 3.